The predicted octanol–water partition coefficient (Wildman–Crippen LogP) is -1.40. The number of hydrogen-bond acceptors (Lipinski definition) is 5. The van der Waals surface area contributed by atoms with Crippen LogP contribution >= 0.6 is 0 Å². The van der Waals surface area contributed by atoms with E-state index >= 15 is 0 Å². The second-order valence-corrected chi connectivity index (χ2v) is 4.71. The van der Waals surface area contributed by atoms with E-state index in [0.717, 1.165) is 0 Å². The third kappa shape index (κ3) is 2.42. The van der Waals surface area contributed by atoms with Crippen molar-refractivity contribution in [2.75, 3.05) is 13.1 Å². The van der Waals surface area contributed by atoms with Gasteiger partial charge in [-0.25, -0.2) is 0 Å². The summed E-state index contributed by atoms with van der Waals surface area (Å²) in [5, 5.41) is 19.6. The highest BCUT2D eigenvalue weighted by Crippen LogP contribution is 2.34. The quantitative estimate of drug-likeness (QED) is 0.550. The molecular formula is C10H15F3N2O4. The van der Waals surface area contributed by atoms with Crippen molar-refractivity contribution in [3.63, 3.8) is 0 Å². The highest BCUT2D eigenvalue weighted by molar-refractivity contribution is 5.82. The molecule has 0 aromatic rings. The van der Waals surface area contributed by atoms with Crippen molar-refractivity contribution in [1.82, 2.24) is 4.90 Å². The minimum atomic E-state index is -5.01. The van der Waals surface area contributed by atoms with E-state index in [9.17, 15) is 28.2 Å². The largest absolute Gasteiger partial charge is 0.471 e. The number of carbonyl (C=O) groups is 1. The first kappa shape index (κ1) is 14.5. The normalized spacial score (nSPS) is 39.3. The molecule has 0 aromatic heterocycles. The molecule has 2 heterocycles. The Kier molecular flexibility index (Phi) is 3.74. The third-order valence-electron chi connectivity index (χ3n) is 3.56. The van der Waals surface area contributed by atoms with Crippen LogP contribution in [0, 0.1) is 0 Å². The third-order valence-corrected chi connectivity index (χ3v) is 3.56. The number of nitrogens with zero attached hydrogens (tertiary/aromatic N) is 1. The maximum absolute atomic E-state index is 12.4. The topological polar surface area (TPSA) is 96.0 Å². The Morgan fingerprint density at radius 1 is 1.37 bits per heavy atom. The number of aliphatic hydroxyl groups excluding tert-OH is 2. The molecule has 6 nitrogen and oxygen atoms in total. The van der Waals surface area contributed by atoms with E-state index in [1.54, 1.807) is 0 Å². The molecule has 5 atom stereocenters. The Morgan fingerprint density at radius 2 is 2.00 bits per heavy atom. The lowest BCUT2D eigenvalue weighted by Crippen LogP contribution is -2.63. The summed E-state index contributed by atoms with van der Waals surface area (Å²) in [5.74, 6) is -2.03. The molecule has 0 aromatic carbocycles. The lowest BCUT2D eigenvalue weighted by molar-refractivity contribution is -0.207. The van der Waals surface area contributed by atoms with E-state index in [1.165, 1.54) is 0 Å². The molecule has 2 aliphatic heterocycles. The summed E-state index contributed by atoms with van der Waals surface area (Å²) < 4.78 is 42.6. The molecule has 110 valence electrons. The first-order valence-corrected chi connectivity index (χ1v) is 5.86. The molecule has 2 saturated heterocycles. The zero-order valence-electron chi connectivity index (χ0n) is 9.88. The fourth-order valence-electron chi connectivity index (χ4n) is 2.66. The monoisotopic (exact) mass is 284 g/mol. The van der Waals surface area contributed by atoms with Gasteiger partial charge >= 0.3 is 12.1 Å². The van der Waals surface area contributed by atoms with Crippen LogP contribution in [-0.4, -0.2) is 70.7 Å². The van der Waals surface area contributed by atoms with E-state index in [4.69, 9.17) is 10.5 Å². The van der Waals surface area contributed by atoms with Gasteiger partial charge in [-0.05, 0) is 6.42 Å². The lowest BCUT2D eigenvalue weighted by Gasteiger charge is -2.42. The molecule has 19 heavy (non-hydrogen) atoms. The van der Waals surface area contributed by atoms with Crippen molar-refractivity contribution in [3.8, 4) is 0 Å². The van der Waals surface area contributed by atoms with E-state index in [1.807, 2.05) is 0 Å². The summed E-state index contributed by atoms with van der Waals surface area (Å²) in [4.78, 5) is 11.8. The van der Waals surface area contributed by atoms with Crippen molar-refractivity contribution in [2.24, 2.45) is 5.73 Å². The van der Waals surface area contributed by atoms with Crippen LogP contribution < -0.4 is 5.73 Å². The van der Waals surface area contributed by atoms with Crippen LogP contribution in [0.3, 0.4) is 0 Å². The van der Waals surface area contributed by atoms with Gasteiger partial charge < -0.3 is 25.6 Å². The molecule has 9 heteroatoms. The summed E-state index contributed by atoms with van der Waals surface area (Å²) in [7, 11) is 0. The summed E-state index contributed by atoms with van der Waals surface area (Å²) in [6, 6.07) is -1.19. The van der Waals surface area contributed by atoms with E-state index in [2.05, 4.69) is 0 Å². The Bertz CT molecular complexity index is 365. The minimum Gasteiger partial charge on any atom is -0.388 e. The number of likely N-dealkylation sites (tertiary alicyclic amines) is 1. The van der Waals surface area contributed by atoms with Gasteiger partial charge in [0.15, 0.2) is 0 Å². The molecule has 2 fully saturated rings. The summed E-state index contributed by atoms with van der Waals surface area (Å²) in [6.45, 7) is -0.233. The van der Waals surface area contributed by atoms with Crippen LogP contribution in [0.1, 0.15) is 6.42 Å². The van der Waals surface area contributed by atoms with Gasteiger partial charge in [0.1, 0.15) is 12.2 Å². The van der Waals surface area contributed by atoms with Gasteiger partial charge in [-0.1, -0.05) is 0 Å². The van der Waals surface area contributed by atoms with Crippen LogP contribution in [0.15, 0.2) is 0 Å². The van der Waals surface area contributed by atoms with E-state index in [0.29, 0.717) is 4.90 Å². The number of amides is 1. The molecular weight excluding hydrogens is 269 g/mol. The zero-order valence-corrected chi connectivity index (χ0v) is 9.88. The number of ether oxygens (including phenoxy) is 1. The van der Waals surface area contributed by atoms with Crippen molar-refractivity contribution in [1.29, 1.82) is 0 Å². The standard InChI is InChI=1S/C10H15F3N2O4/c11-10(12,13)9(18)15-2-1-4-6(15)8(17)7(16)5(3-14)19-4/h4-8,16-17H,1-3,14H2/t4-,5+,6+,7-,8+/m0/s1. The highest BCUT2D eigenvalue weighted by Gasteiger charge is 2.55. The Balaban J connectivity index is 2.19. The average molecular weight is 284 g/mol. The van der Waals surface area contributed by atoms with Gasteiger partial charge in [0.25, 0.3) is 0 Å². The number of aliphatic hydroxyl groups is 2. The lowest BCUT2D eigenvalue weighted by atomic mass is 9.93. The smallest absolute Gasteiger partial charge is 0.388 e. The average Bonchev–Trinajstić information content (AvgIpc) is 2.75. The molecule has 1 amide bonds. The molecule has 0 spiro atoms. The Labute approximate surface area is 106 Å². The second kappa shape index (κ2) is 4.89. The van der Waals surface area contributed by atoms with Crippen LogP contribution in [-0.2, 0) is 9.53 Å². The highest BCUT2D eigenvalue weighted by atomic mass is 19.4. The predicted molar refractivity (Wildman–Crippen MR) is 55.9 cm³/mol. The Hall–Kier alpha value is -0.900. The number of fused-ring (bicyclic) bond motifs is 1. The summed E-state index contributed by atoms with van der Waals surface area (Å²) in [6.07, 6.45) is -9.32. The van der Waals surface area contributed by atoms with Gasteiger partial charge in [-0.3, -0.25) is 4.79 Å². The maximum atomic E-state index is 12.4. The minimum absolute atomic E-state index is 0.0608. The molecule has 0 radical (unpaired) electrons. The van der Waals surface area contributed by atoms with Gasteiger partial charge in [0.05, 0.1) is 18.2 Å². The first-order valence-electron chi connectivity index (χ1n) is 5.86. The van der Waals surface area contributed by atoms with Crippen LogP contribution in [0.5, 0.6) is 0 Å². The number of halogens is 3. The molecule has 0 saturated carbocycles. The van der Waals surface area contributed by atoms with Crippen LogP contribution in [0.2, 0.25) is 0 Å². The van der Waals surface area contributed by atoms with Crippen molar-refractivity contribution >= 4 is 5.91 Å². The molecule has 4 N–H and O–H groups in total. The SMILES string of the molecule is NC[C@H]1O[C@H]2CCN(C(=O)C(F)(F)F)[C@H]2[C@@H](O)[C@H]1O. The maximum Gasteiger partial charge on any atom is 0.471 e. The zero-order chi connectivity index (χ0) is 14.4. The number of nitrogens with two attached hydrogens (primary N) is 1. The molecule has 2 aliphatic rings. The van der Waals surface area contributed by atoms with Gasteiger partial charge in [-0.15, -0.1) is 0 Å². The number of rotatable bonds is 1. The fraction of sp³-hybridized carbons (Fsp3) is 0.900. The van der Waals surface area contributed by atoms with Crippen molar-refractivity contribution in [2.45, 2.75) is 43.1 Å². The number of carbonyl (C=O) groups excluding carboxylic acids is 1. The van der Waals surface area contributed by atoms with Crippen molar-refractivity contribution in [3.05, 3.63) is 0 Å². The molecule has 0 bridgehead atoms. The van der Waals surface area contributed by atoms with Crippen LogP contribution in [0.4, 0.5) is 13.2 Å². The number of hydrogen-bond donors (Lipinski definition) is 3. The number of alkyl halides is 3. The van der Waals surface area contributed by atoms with E-state index < -0.39 is 42.5 Å². The molecule has 2 rings (SSSR count). The Morgan fingerprint density at radius 3 is 2.53 bits per heavy atom. The van der Waals surface area contributed by atoms with E-state index in [-0.39, 0.29) is 19.5 Å². The molecule has 0 aliphatic carbocycles. The fourth-order valence-corrected chi connectivity index (χ4v) is 2.66. The summed E-state index contributed by atoms with van der Waals surface area (Å²) in [5.41, 5.74) is 5.35. The van der Waals surface area contributed by atoms with Gasteiger partial charge in [-0.2, -0.15) is 13.2 Å². The van der Waals surface area contributed by atoms with Gasteiger partial charge in [0, 0.05) is 13.1 Å². The second-order valence-electron chi connectivity index (χ2n) is 4.71. The van der Waals surface area contributed by atoms with Crippen molar-refractivity contribution < 1.29 is 32.9 Å². The van der Waals surface area contributed by atoms with Gasteiger partial charge in [0.2, 0.25) is 0 Å². The summed E-state index contributed by atoms with van der Waals surface area (Å²) >= 11 is 0. The molecule has 0 unspecified atom stereocenters. The van der Waals surface area contributed by atoms with Crippen LogP contribution in [0.25, 0.3) is 0 Å². The first-order chi connectivity index (χ1) is 8.77.